The van der Waals surface area contributed by atoms with Gasteiger partial charge in [-0.25, -0.2) is 14.5 Å². The number of halogens is 1. The van der Waals surface area contributed by atoms with Crippen molar-refractivity contribution in [3.63, 3.8) is 0 Å². The zero-order valence-corrected chi connectivity index (χ0v) is 21.1. The van der Waals surface area contributed by atoms with E-state index in [1.165, 1.54) is 24.3 Å². The van der Waals surface area contributed by atoms with Crippen LogP contribution in [0.1, 0.15) is 38.8 Å². The number of rotatable bonds is 7. The van der Waals surface area contributed by atoms with Crippen LogP contribution in [0, 0.1) is 13.8 Å². The third kappa shape index (κ3) is 5.10. The van der Waals surface area contributed by atoms with Gasteiger partial charge >= 0.3 is 11.9 Å². The molecule has 0 fully saturated rings. The molecule has 9 heteroatoms. The summed E-state index contributed by atoms with van der Waals surface area (Å²) in [5, 5.41) is 2.51. The first-order valence-electron chi connectivity index (χ1n) is 11.4. The Morgan fingerprint density at radius 2 is 1.51 bits per heavy atom. The van der Waals surface area contributed by atoms with Crippen molar-refractivity contribution < 1.29 is 28.7 Å². The number of aryl methyl sites for hydroxylation is 2. The van der Waals surface area contributed by atoms with Crippen LogP contribution < -0.4 is 15.0 Å². The van der Waals surface area contributed by atoms with E-state index in [-0.39, 0.29) is 28.6 Å². The lowest BCUT2D eigenvalue weighted by molar-refractivity contribution is -0.120. The number of carbonyl (C=O) groups is 4. The Morgan fingerprint density at radius 3 is 2.16 bits per heavy atom. The Bertz CT molecular complexity index is 1430. The first-order valence-corrected chi connectivity index (χ1v) is 11.8. The third-order valence-corrected chi connectivity index (χ3v) is 6.01. The van der Waals surface area contributed by atoms with E-state index in [2.05, 4.69) is 5.32 Å². The Kier molecular flexibility index (Phi) is 7.40. The lowest BCUT2D eigenvalue weighted by Gasteiger charge is -2.18. The van der Waals surface area contributed by atoms with E-state index in [0.29, 0.717) is 17.0 Å². The highest BCUT2D eigenvalue weighted by Crippen LogP contribution is 2.32. The van der Waals surface area contributed by atoms with Gasteiger partial charge in [-0.3, -0.25) is 9.59 Å². The van der Waals surface area contributed by atoms with Gasteiger partial charge in [-0.05, 0) is 68.3 Å². The molecule has 0 unspecified atom stereocenters. The van der Waals surface area contributed by atoms with E-state index in [1.807, 2.05) is 32.0 Å². The topological polar surface area (TPSA) is 102 Å². The molecule has 0 aliphatic carbocycles. The maximum Gasteiger partial charge on any atom is 0.343 e. The monoisotopic (exact) mass is 518 g/mol. The first kappa shape index (κ1) is 25.7. The third-order valence-electron chi connectivity index (χ3n) is 5.66. The second-order valence-corrected chi connectivity index (χ2v) is 8.56. The predicted molar refractivity (Wildman–Crippen MR) is 139 cm³/mol. The molecule has 0 spiro atoms. The Hall–Kier alpha value is -4.43. The summed E-state index contributed by atoms with van der Waals surface area (Å²) < 4.78 is 10.6. The minimum Gasteiger partial charge on any atom is -0.462 e. The number of esters is 2. The van der Waals surface area contributed by atoms with Gasteiger partial charge in [0.2, 0.25) is 0 Å². The summed E-state index contributed by atoms with van der Waals surface area (Å²) in [6.45, 7) is 5.50. The maximum atomic E-state index is 13.2. The molecule has 1 N–H and O–H groups in total. The molecule has 0 saturated carbocycles. The van der Waals surface area contributed by atoms with E-state index in [1.54, 1.807) is 31.2 Å². The summed E-state index contributed by atoms with van der Waals surface area (Å²) in [6.07, 6.45) is 0. The number of hydrogen-bond donors (Lipinski definition) is 1. The molecule has 3 aromatic carbocycles. The van der Waals surface area contributed by atoms with Crippen LogP contribution in [0.2, 0.25) is 0 Å². The molecular weight excluding hydrogens is 496 g/mol. The molecule has 0 saturated heterocycles. The highest BCUT2D eigenvalue weighted by atomic mass is 35.5. The standard InChI is InChI=1S/C28H23ClN2O6/c1-4-36-28(35)20-10-5-6-11-21(20)31-25(32)22(29)23(26(31)33)30-19-14-12-18(13-15-19)27(34)37-24-16(2)8-7-9-17(24)3/h5-15,30H,4H2,1-3H3. The molecule has 37 heavy (non-hydrogen) atoms. The molecule has 8 nitrogen and oxygen atoms in total. The summed E-state index contributed by atoms with van der Waals surface area (Å²) in [7, 11) is 0. The number of imide groups is 1. The van der Waals surface area contributed by atoms with Crippen LogP contribution in [-0.4, -0.2) is 30.4 Å². The van der Waals surface area contributed by atoms with Crippen LogP contribution in [-0.2, 0) is 14.3 Å². The fourth-order valence-electron chi connectivity index (χ4n) is 3.83. The smallest absolute Gasteiger partial charge is 0.343 e. The Morgan fingerprint density at radius 1 is 0.865 bits per heavy atom. The summed E-state index contributed by atoms with van der Waals surface area (Å²) in [4.78, 5) is 51.9. The van der Waals surface area contributed by atoms with Crippen LogP contribution in [0.3, 0.4) is 0 Å². The van der Waals surface area contributed by atoms with Crippen molar-refractivity contribution in [3.05, 3.63) is 99.7 Å². The van der Waals surface area contributed by atoms with Gasteiger partial charge in [0.25, 0.3) is 11.8 Å². The summed E-state index contributed by atoms with van der Waals surface area (Å²) in [5.74, 6) is -2.20. The van der Waals surface area contributed by atoms with Crippen molar-refractivity contribution in [1.29, 1.82) is 0 Å². The zero-order chi connectivity index (χ0) is 26.7. The van der Waals surface area contributed by atoms with Gasteiger partial charge in [-0.1, -0.05) is 41.9 Å². The summed E-state index contributed by atoms with van der Waals surface area (Å²) >= 11 is 6.23. The van der Waals surface area contributed by atoms with Gasteiger partial charge in [0, 0.05) is 5.69 Å². The van der Waals surface area contributed by atoms with Crippen LogP contribution in [0.15, 0.2) is 77.5 Å². The number of hydrogen-bond acceptors (Lipinski definition) is 7. The molecule has 2 amide bonds. The fourth-order valence-corrected chi connectivity index (χ4v) is 4.04. The van der Waals surface area contributed by atoms with E-state index < -0.39 is 23.8 Å². The van der Waals surface area contributed by atoms with Crippen molar-refractivity contribution in [2.75, 3.05) is 16.8 Å². The number of para-hydroxylation sites is 2. The number of carbonyl (C=O) groups excluding carboxylic acids is 4. The van der Waals surface area contributed by atoms with Crippen molar-refractivity contribution in [2.45, 2.75) is 20.8 Å². The summed E-state index contributed by atoms with van der Waals surface area (Å²) in [5.41, 5.74) is 2.36. The van der Waals surface area contributed by atoms with E-state index >= 15 is 0 Å². The maximum absolute atomic E-state index is 13.2. The quantitative estimate of drug-likeness (QED) is 0.262. The van der Waals surface area contributed by atoms with Gasteiger partial charge in [0.05, 0.1) is 23.4 Å². The zero-order valence-electron chi connectivity index (χ0n) is 20.3. The van der Waals surface area contributed by atoms with Crippen LogP contribution in [0.4, 0.5) is 11.4 Å². The Labute approximate surface area is 218 Å². The van der Waals surface area contributed by atoms with Crippen LogP contribution in [0.25, 0.3) is 0 Å². The van der Waals surface area contributed by atoms with Crippen molar-refractivity contribution in [3.8, 4) is 5.75 Å². The van der Waals surface area contributed by atoms with Gasteiger partial charge < -0.3 is 14.8 Å². The van der Waals surface area contributed by atoms with Crippen molar-refractivity contribution >= 4 is 46.7 Å². The molecular formula is C28H23ClN2O6. The average Bonchev–Trinajstić information content (AvgIpc) is 3.09. The molecule has 0 atom stereocenters. The molecule has 1 heterocycles. The second kappa shape index (κ2) is 10.7. The number of nitrogens with one attached hydrogen (secondary N) is 1. The molecule has 0 radical (unpaired) electrons. The first-order chi connectivity index (χ1) is 17.7. The Balaban J connectivity index is 1.52. The second-order valence-electron chi connectivity index (χ2n) is 8.19. The molecule has 3 aromatic rings. The summed E-state index contributed by atoms with van der Waals surface area (Å²) in [6, 6.07) is 17.9. The van der Waals surface area contributed by atoms with Crippen molar-refractivity contribution in [1.82, 2.24) is 0 Å². The van der Waals surface area contributed by atoms with Crippen molar-refractivity contribution in [2.24, 2.45) is 0 Å². The highest BCUT2D eigenvalue weighted by Gasteiger charge is 2.40. The number of anilines is 2. The van der Waals surface area contributed by atoms with E-state index in [4.69, 9.17) is 21.1 Å². The predicted octanol–water partition coefficient (Wildman–Crippen LogP) is 5.14. The molecule has 188 valence electrons. The highest BCUT2D eigenvalue weighted by molar-refractivity contribution is 6.53. The molecule has 0 aromatic heterocycles. The van der Waals surface area contributed by atoms with E-state index in [0.717, 1.165) is 16.0 Å². The van der Waals surface area contributed by atoms with E-state index in [9.17, 15) is 19.2 Å². The average molecular weight is 519 g/mol. The minimum absolute atomic E-state index is 0.0588. The minimum atomic E-state index is -0.778. The number of ether oxygens (including phenoxy) is 2. The number of nitrogens with zero attached hydrogens (tertiary/aromatic N) is 1. The molecule has 4 rings (SSSR count). The SMILES string of the molecule is CCOC(=O)c1ccccc1N1C(=O)C(Cl)=C(Nc2ccc(C(=O)Oc3c(C)cccc3C)cc2)C1=O. The lowest BCUT2D eigenvalue weighted by Crippen LogP contribution is -2.33. The normalized spacial score (nSPS) is 13.1. The molecule has 0 bridgehead atoms. The van der Waals surface area contributed by atoms with Gasteiger partial charge in [0.1, 0.15) is 16.5 Å². The van der Waals surface area contributed by atoms with Gasteiger partial charge in [-0.2, -0.15) is 0 Å². The van der Waals surface area contributed by atoms with Gasteiger partial charge in [0.15, 0.2) is 0 Å². The fraction of sp³-hybridized carbons (Fsp3) is 0.143. The lowest BCUT2D eigenvalue weighted by atomic mass is 10.1. The van der Waals surface area contributed by atoms with Gasteiger partial charge in [-0.15, -0.1) is 0 Å². The number of benzene rings is 3. The molecule has 1 aliphatic rings. The van der Waals surface area contributed by atoms with Crippen LogP contribution in [0.5, 0.6) is 5.75 Å². The molecule has 1 aliphatic heterocycles. The van der Waals surface area contributed by atoms with Crippen LogP contribution >= 0.6 is 11.6 Å². The number of amides is 2. The largest absolute Gasteiger partial charge is 0.462 e.